The molecule has 2 rings (SSSR count). The van der Waals surface area contributed by atoms with Crippen LogP contribution in [0.15, 0.2) is 12.1 Å². The molecule has 108 valence electrons. The van der Waals surface area contributed by atoms with Crippen molar-refractivity contribution in [1.29, 1.82) is 5.26 Å². The van der Waals surface area contributed by atoms with Gasteiger partial charge < -0.3 is 10.6 Å². The number of nitrogens with one attached hydrogen (secondary N) is 2. The Labute approximate surface area is 115 Å². The summed E-state index contributed by atoms with van der Waals surface area (Å²) in [6, 6.07) is 4.16. The predicted molar refractivity (Wildman–Crippen MR) is 68.1 cm³/mol. The van der Waals surface area contributed by atoms with Crippen molar-refractivity contribution in [3.63, 3.8) is 0 Å². The van der Waals surface area contributed by atoms with Gasteiger partial charge in [-0.15, -0.1) is 0 Å². The summed E-state index contributed by atoms with van der Waals surface area (Å²) < 4.78 is 38.0. The molecule has 2 heterocycles. The molecule has 1 aliphatic heterocycles. The molecular weight excluding hydrogens is 269 g/mol. The first-order valence-corrected chi connectivity index (χ1v) is 6.38. The largest absolute Gasteiger partial charge is 0.433 e. The Balaban J connectivity index is 2.23. The smallest absolute Gasteiger partial charge is 0.366 e. The molecule has 0 radical (unpaired) electrons. The van der Waals surface area contributed by atoms with Crippen LogP contribution in [-0.2, 0) is 6.18 Å². The molecule has 0 aromatic carbocycles. The van der Waals surface area contributed by atoms with Gasteiger partial charge in [0, 0.05) is 12.1 Å². The third kappa shape index (κ3) is 3.39. The number of pyridine rings is 1. The van der Waals surface area contributed by atoms with E-state index in [1.807, 2.05) is 13.0 Å². The van der Waals surface area contributed by atoms with E-state index >= 15 is 0 Å². The Morgan fingerprint density at radius 2 is 2.20 bits per heavy atom. The lowest BCUT2D eigenvalue weighted by atomic mass is 10.0. The molecule has 2 unspecified atom stereocenters. The van der Waals surface area contributed by atoms with Crippen molar-refractivity contribution >= 4 is 5.82 Å². The zero-order valence-corrected chi connectivity index (χ0v) is 11.0. The highest BCUT2D eigenvalue weighted by atomic mass is 19.4. The number of rotatable bonds is 2. The number of anilines is 1. The summed E-state index contributed by atoms with van der Waals surface area (Å²) in [7, 11) is 0. The van der Waals surface area contributed by atoms with E-state index in [1.165, 1.54) is 0 Å². The van der Waals surface area contributed by atoms with E-state index in [1.54, 1.807) is 0 Å². The quantitative estimate of drug-likeness (QED) is 0.876. The second kappa shape index (κ2) is 5.67. The van der Waals surface area contributed by atoms with Gasteiger partial charge in [-0.3, -0.25) is 0 Å². The van der Waals surface area contributed by atoms with Crippen molar-refractivity contribution in [2.45, 2.75) is 38.0 Å². The molecule has 1 aliphatic rings. The van der Waals surface area contributed by atoms with E-state index < -0.39 is 11.9 Å². The maximum absolute atomic E-state index is 12.7. The van der Waals surface area contributed by atoms with Crippen LogP contribution >= 0.6 is 0 Å². The fraction of sp³-hybridized carbons (Fsp3) is 0.538. The molecule has 1 fully saturated rings. The third-order valence-corrected chi connectivity index (χ3v) is 3.27. The minimum atomic E-state index is -4.51. The Kier molecular flexibility index (Phi) is 4.14. The van der Waals surface area contributed by atoms with Crippen LogP contribution in [-0.4, -0.2) is 23.6 Å². The Hall–Kier alpha value is -1.81. The number of nitriles is 1. The molecule has 1 aromatic heterocycles. The molecule has 20 heavy (non-hydrogen) atoms. The number of alkyl halides is 3. The van der Waals surface area contributed by atoms with Crippen LogP contribution < -0.4 is 10.6 Å². The van der Waals surface area contributed by atoms with E-state index in [9.17, 15) is 13.2 Å². The Morgan fingerprint density at radius 1 is 1.45 bits per heavy atom. The number of hydrogen-bond donors (Lipinski definition) is 2. The average molecular weight is 284 g/mol. The van der Waals surface area contributed by atoms with Crippen molar-refractivity contribution in [2.24, 2.45) is 0 Å². The van der Waals surface area contributed by atoms with Crippen molar-refractivity contribution in [2.75, 3.05) is 11.9 Å². The van der Waals surface area contributed by atoms with Gasteiger partial charge in [0.15, 0.2) is 0 Å². The van der Waals surface area contributed by atoms with E-state index in [2.05, 4.69) is 15.6 Å². The Bertz CT molecular complexity index is 521. The molecule has 4 nitrogen and oxygen atoms in total. The molecule has 2 atom stereocenters. The van der Waals surface area contributed by atoms with Crippen LogP contribution in [0.25, 0.3) is 0 Å². The molecule has 0 saturated carbocycles. The van der Waals surface area contributed by atoms with E-state index in [-0.39, 0.29) is 23.5 Å². The summed E-state index contributed by atoms with van der Waals surface area (Å²) in [6.07, 6.45) is -2.94. The molecule has 0 amide bonds. The third-order valence-electron chi connectivity index (χ3n) is 3.27. The minimum absolute atomic E-state index is 0.0152. The van der Waals surface area contributed by atoms with E-state index in [4.69, 9.17) is 5.26 Å². The number of halogens is 3. The van der Waals surface area contributed by atoms with Gasteiger partial charge in [-0.05, 0) is 38.4 Å². The summed E-state index contributed by atoms with van der Waals surface area (Å²) in [6.45, 7) is 2.80. The molecule has 0 aliphatic carbocycles. The highest BCUT2D eigenvalue weighted by Gasteiger charge is 2.33. The van der Waals surface area contributed by atoms with Gasteiger partial charge in [0.25, 0.3) is 0 Å². The first kappa shape index (κ1) is 14.6. The summed E-state index contributed by atoms with van der Waals surface area (Å²) >= 11 is 0. The molecule has 0 bridgehead atoms. The van der Waals surface area contributed by atoms with Crippen molar-refractivity contribution < 1.29 is 13.2 Å². The molecule has 2 N–H and O–H groups in total. The van der Waals surface area contributed by atoms with Gasteiger partial charge in [0.1, 0.15) is 17.6 Å². The number of nitrogens with zero attached hydrogens (tertiary/aromatic N) is 2. The summed E-state index contributed by atoms with van der Waals surface area (Å²) in [5, 5.41) is 15.2. The summed E-state index contributed by atoms with van der Waals surface area (Å²) in [5.74, 6) is 0.0152. The number of piperidine rings is 1. The second-order valence-electron chi connectivity index (χ2n) is 4.92. The summed E-state index contributed by atoms with van der Waals surface area (Å²) in [5.41, 5.74) is -0.856. The monoisotopic (exact) mass is 284 g/mol. The highest BCUT2D eigenvalue weighted by molar-refractivity contribution is 5.53. The van der Waals surface area contributed by atoms with Crippen LogP contribution in [0.4, 0.5) is 19.0 Å². The molecule has 0 spiro atoms. The van der Waals surface area contributed by atoms with Gasteiger partial charge in [-0.25, -0.2) is 4.98 Å². The predicted octanol–water partition coefficient (Wildman–Crippen LogP) is 2.52. The molecule has 7 heteroatoms. The second-order valence-corrected chi connectivity index (χ2v) is 4.92. The Morgan fingerprint density at radius 3 is 2.80 bits per heavy atom. The topological polar surface area (TPSA) is 60.7 Å². The standard InChI is InChI=1S/C13H15F3N4/c1-8-6-10(4-5-18-8)19-12-9(7-17)2-3-11(20-12)13(14,15)16/h2-3,8,10,18H,4-6H2,1H3,(H,19,20). The van der Waals surface area contributed by atoms with Crippen LogP contribution in [0.5, 0.6) is 0 Å². The van der Waals surface area contributed by atoms with Crippen LogP contribution in [0.1, 0.15) is 31.0 Å². The number of aromatic nitrogens is 1. The van der Waals surface area contributed by atoms with Crippen LogP contribution in [0.3, 0.4) is 0 Å². The van der Waals surface area contributed by atoms with Crippen molar-refractivity contribution in [1.82, 2.24) is 10.3 Å². The lowest BCUT2D eigenvalue weighted by Gasteiger charge is -2.29. The maximum Gasteiger partial charge on any atom is 0.433 e. The average Bonchev–Trinajstić information content (AvgIpc) is 2.37. The SMILES string of the molecule is CC1CC(Nc2nc(C(F)(F)F)ccc2C#N)CCN1. The van der Waals surface area contributed by atoms with Crippen molar-refractivity contribution in [3.05, 3.63) is 23.4 Å². The molecule has 1 aromatic rings. The van der Waals surface area contributed by atoms with Gasteiger partial charge >= 0.3 is 6.18 Å². The van der Waals surface area contributed by atoms with Gasteiger partial charge in [-0.2, -0.15) is 18.4 Å². The first-order valence-electron chi connectivity index (χ1n) is 6.38. The van der Waals surface area contributed by atoms with Crippen LogP contribution in [0.2, 0.25) is 0 Å². The minimum Gasteiger partial charge on any atom is -0.366 e. The van der Waals surface area contributed by atoms with Crippen LogP contribution in [0, 0.1) is 11.3 Å². The summed E-state index contributed by atoms with van der Waals surface area (Å²) in [4.78, 5) is 3.55. The van der Waals surface area contributed by atoms with Gasteiger partial charge in [-0.1, -0.05) is 0 Å². The molecular formula is C13H15F3N4. The lowest BCUT2D eigenvalue weighted by molar-refractivity contribution is -0.141. The first-order chi connectivity index (χ1) is 9.40. The highest BCUT2D eigenvalue weighted by Crippen LogP contribution is 2.29. The van der Waals surface area contributed by atoms with Gasteiger partial charge in [0.05, 0.1) is 5.56 Å². The zero-order valence-electron chi connectivity index (χ0n) is 11.0. The fourth-order valence-electron chi connectivity index (χ4n) is 2.27. The van der Waals surface area contributed by atoms with Crippen molar-refractivity contribution in [3.8, 4) is 6.07 Å². The number of hydrogen-bond acceptors (Lipinski definition) is 4. The lowest BCUT2D eigenvalue weighted by Crippen LogP contribution is -2.41. The normalized spacial score (nSPS) is 23.1. The molecule has 1 saturated heterocycles. The van der Waals surface area contributed by atoms with E-state index in [0.717, 1.165) is 31.5 Å². The zero-order chi connectivity index (χ0) is 14.8. The fourth-order valence-corrected chi connectivity index (χ4v) is 2.27. The van der Waals surface area contributed by atoms with Gasteiger partial charge in [0.2, 0.25) is 0 Å². The maximum atomic E-state index is 12.7. The van der Waals surface area contributed by atoms with E-state index in [0.29, 0.717) is 0 Å².